The van der Waals surface area contributed by atoms with Crippen molar-refractivity contribution < 1.29 is 4.79 Å². The zero-order valence-electron chi connectivity index (χ0n) is 8.45. The van der Waals surface area contributed by atoms with Crippen molar-refractivity contribution in [3.63, 3.8) is 0 Å². The lowest BCUT2D eigenvalue weighted by atomic mass is 10.0. The fraction of sp³-hybridized carbons (Fsp3) is 0. The van der Waals surface area contributed by atoms with Crippen LogP contribution in [-0.4, -0.2) is 11.3 Å². The lowest BCUT2D eigenvalue weighted by molar-refractivity contribution is 0.112. The fourth-order valence-corrected chi connectivity index (χ4v) is 2.17. The smallest absolute Gasteiger partial charge is 0.150 e. The van der Waals surface area contributed by atoms with Gasteiger partial charge in [-0.05, 0) is 12.1 Å². The Morgan fingerprint density at radius 1 is 1.12 bits per heavy atom. The fourth-order valence-electron chi connectivity index (χ4n) is 1.51. The number of pyridine rings is 1. The Morgan fingerprint density at radius 2 is 1.88 bits per heavy atom. The van der Waals surface area contributed by atoms with Crippen LogP contribution in [0.1, 0.15) is 10.4 Å². The van der Waals surface area contributed by atoms with E-state index in [0.717, 1.165) is 0 Å². The second-order valence-electron chi connectivity index (χ2n) is 3.29. The molecule has 0 fully saturated rings. The van der Waals surface area contributed by atoms with Crippen molar-refractivity contribution in [3.05, 3.63) is 51.2 Å². The average Bonchev–Trinajstić information content (AvgIpc) is 2.33. The molecule has 0 bridgehead atoms. The maximum atomic E-state index is 11.0. The van der Waals surface area contributed by atoms with Crippen molar-refractivity contribution in [3.8, 4) is 11.1 Å². The van der Waals surface area contributed by atoms with E-state index in [0.29, 0.717) is 33.0 Å². The minimum atomic E-state index is 0.221. The molecular formula is C12H6Cl3NO. The van der Waals surface area contributed by atoms with Gasteiger partial charge in [-0.15, -0.1) is 0 Å². The normalized spacial score (nSPS) is 10.3. The molecule has 0 spiro atoms. The molecule has 0 saturated carbocycles. The molecule has 2 rings (SSSR count). The summed E-state index contributed by atoms with van der Waals surface area (Å²) in [5.41, 5.74) is 1.52. The second-order valence-corrected chi connectivity index (χ2v) is 4.43. The first-order valence-corrected chi connectivity index (χ1v) is 5.82. The van der Waals surface area contributed by atoms with Crippen molar-refractivity contribution in [2.75, 3.05) is 0 Å². The summed E-state index contributed by atoms with van der Waals surface area (Å²) in [6, 6.07) is 6.72. The Labute approximate surface area is 113 Å². The molecular weight excluding hydrogens is 280 g/mol. The van der Waals surface area contributed by atoms with Gasteiger partial charge >= 0.3 is 0 Å². The summed E-state index contributed by atoms with van der Waals surface area (Å²) in [7, 11) is 0. The molecule has 2 nitrogen and oxygen atoms in total. The Morgan fingerprint density at radius 3 is 2.59 bits per heavy atom. The van der Waals surface area contributed by atoms with Gasteiger partial charge in [0.15, 0.2) is 6.29 Å². The number of hydrogen-bond acceptors (Lipinski definition) is 2. The topological polar surface area (TPSA) is 30.0 Å². The van der Waals surface area contributed by atoms with E-state index in [1.54, 1.807) is 24.3 Å². The number of halogens is 3. The van der Waals surface area contributed by atoms with Crippen molar-refractivity contribution in [2.24, 2.45) is 0 Å². The second kappa shape index (κ2) is 5.05. The average molecular weight is 287 g/mol. The molecule has 0 saturated heterocycles. The van der Waals surface area contributed by atoms with E-state index in [1.165, 1.54) is 6.20 Å². The molecule has 0 aliphatic carbocycles. The van der Waals surface area contributed by atoms with E-state index in [4.69, 9.17) is 34.8 Å². The summed E-state index contributed by atoms with van der Waals surface area (Å²) >= 11 is 18.0. The molecule has 0 aliphatic heterocycles. The summed E-state index contributed by atoms with van der Waals surface area (Å²) < 4.78 is 0. The highest BCUT2D eigenvalue weighted by atomic mass is 35.5. The van der Waals surface area contributed by atoms with Crippen molar-refractivity contribution in [1.29, 1.82) is 0 Å². The third-order valence-electron chi connectivity index (χ3n) is 2.28. The van der Waals surface area contributed by atoms with Crippen LogP contribution in [0.2, 0.25) is 15.2 Å². The van der Waals surface area contributed by atoms with Gasteiger partial charge in [0.05, 0.1) is 10.0 Å². The molecule has 0 aliphatic rings. The van der Waals surface area contributed by atoms with E-state index < -0.39 is 0 Å². The minimum Gasteiger partial charge on any atom is -0.298 e. The maximum absolute atomic E-state index is 11.0. The zero-order chi connectivity index (χ0) is 12.4. The van der Waals surface area contributed by atoms with Crippen LogP contribution in [0.25, 0.3) is 11.1 Å². The standard InChI is InChI=1S/C12H6Cl3NO/c13-9-3-1-2-8(11(9)14)10-7(6-17)4-5-16-12(10)15/h1-6H. The molecule has 1 heterocycles. The molecule has 0 radical (unpaired) electrons. The van der Waals surface area contributed by atoms with Crippen LogP contribution in [0.3, 0.4) is 0 Å². The molecule has 0 atom stereocenters. The Kier molecular flexibility index (Phi) is 3.67. The first-order chi connectivity index (χ1) is 8.15. The predicted molar refractivity (Wildman–Crippen MR) is 70.1 cm³/mol. The number of carbonyl (C=O) groups excluding carboxylic acids is 1. The van der Waals surface area contributed by atoms with Gasteiger partial charge < -0.3 is 0 Å². The summed E-state index contributed by atoms with van der Waals surface area (Å²) in [6.45, 7) is 0. The van der Waals surface area contributed by atoms with Gasteiger partial charge in [-0.2, -0.15) is 0 Å². The van der Waals surface area contributed by atoms with Crippen molar-refractivity contribution >= 4 is 41.1 Å². The van der Waals surface area contributed by atoms with Gasteiger partial charge in [-0.1, -0.05) is 46.9 Å². The Bertz CT molecular complexity index is 584. The first kappa shape index (κ1) is 12.4. The summed E-state index contributed by atoms with van der Waals surface area (Å²) in [5.74, 6) is 0. The molecule has 1 aromatic heterocycles. The van der Waals surface area contributed by atoms with E-state index in [2.05, 4.69) is 4.98 Å². The molecule has 1 aromatic carbocycles. The number of aldehydes is 1. The van der Waals surface area contributed by atoms with Gasteiger partial charge in [-0.3, -0.25) is 4.79 Å². The van der Waals surface area contributed by atoms with Gasteiger partial charge in [0.2, 0.25) is 0 Å². The SMILES string of the molecule is O=Cc1ccnc(Cl)c1-c1cccc(Cl)c1Cl. The molecule has 0 unspecified atom stereocenters. The van der Waals surface area contributed by atoms with E-state index >= 15 is 0 Å². The van der Waals surface area contributed by atoms with Crippen molar-refractivity contribution in [2.45, 2.75) is 0 Å². The highest BCUT2D eigenvalue weighted by Crippen LogP contribution is 2.37. The van der Waals surface area contributed by atoms with Gasteiger partial charge in [0.1, 0.15) is 5.15 Å². The molecule has 5 heteroatoms. The van der Waals surface area contributed by atoms with Crippen LogP contribution in [0, 0.1) is 0 Å². The van der Waals surface area contributed by atoms with Gasteiger partial charge in [0.25, 0.3) is 0 Å². The Hall–Kier alpha value is -1.09. The van der Waals surface area contributed by atoms with Crippen LogP contribution in [-0.2, 0) is 0 Å². The molecule has 0 N–H and O–H groups in total. The third-order valence-corrected chi connectivity index (χ3v) is 3.39. The summed E-state index contributed by atoms with van der Waals surface area (Å²) in [5, 5.41) is 0.979. The molecule has 86 valence electrons. The highest BCUT2D eigenvalue weighted by molar-refractivity contribution is 6.44. The monoisotopic (exact) mass is 285 g/mol. The summed E-state index contributed by atoms with van der Waals surface area (Å²) in [6.07, 6.45) is 2.17. The maximum Gasteiger partial charge on any atom is 0.150 e. The van der Waals surface area contributed by atoms with Crippen LogP contribution < -0.4 is 0 Å². The number of nitrogens with zero attached hydrogens (tertiary/aromatic N) is 1. The molecule has 0 amide bonds. The number of aromatic nitrogens is 1. The largest absolute Gasteiger partial charge is 0.298 e. The van der Waals surface area contributed by atoms with Crippen molar-refractivity contribution in [1.82, 2.24) is 4.98 Å². The molecule has 2 aromatic rings. The van der Waals surface area contributed by atoms with E-state index in [9.17, 15) is 4.79 Å². The molecule has 17 heavy (non-hydrogen) atoms. The lowest BCUT2D eigenvalue weighted by Crippen LogP contribution is -1.92. The number of benzene rings is 1. The van der Waals surface area contributed by atoms with E-state index in [1.807, 2.05) is 0 Å². The quantitative estimate of drug-likeness (QED) is 0.600. The number of hydrogen-bond donors (Lipinski definition) is 0. The van der Waals surface area contributed by atoms with Gasteiger partial charge in [-0.25, -0.2) is 4.98 Å². The lowest BCUT2D eigenvalue weighted by Gasteiger charge is -2.09. The first-order valence-electron chi connectivity index (χ1n) is 4.69. The van der Waals surface area contributed by atoms with Crippen LogP contribution in [0.5, 0.6) is 0 Å². The van der Waals surface area contributed by atoms with Crippen LogP contribution in [0.4, 0.5) is 0 Å². The summed E-state index contributed by atoms with van der Waals surface area (Å²) in [4.78, 5) is 14.9. The van der Waals surface area contributed by atoms with Crippen LogP contribution in [0.15, 0.2) is 30.5 Å². The predicted octanol–water partition coefficient (Wildman–Crippen LogP) is 4.52. The zero-order valence-corrected chi connectivity index (χ0v) is 10.7. The Balaban J connectivity index is 2.76. The van der Waals surface area contributed by atoms with Gasteiger partial charge in [0, 0.05) is 22.9 Å². The highest BCUT2D eigenvalue weighted by Gasteiger charge is 2.14. The number of rotatable bonds is 2. The van der Waals surface area contributed by atoms with Crippen LogP contribution >= 0.6 is 34.8 Å². The minimum absolute atomic E-state index is 0.221. The third kappa shape index (κ3) is 2.29. The van der Waals surface area contributed by atoms with E-state index in [-0.39, 0.29) is 5.15 Å². The number of carbonyl (C=O) groups is 1.